The highest BCUT2D eigenvalue weighted by molar-refractivity contribution is 5.80. The summed E-state index contributed by atoms with van der Waals surface area (Å²) in [6, 6.07) is 25.1. The van der Waals surface area contributed by atoms with E-state index in [1.165, 1.54) is 22.5 Å². The van der Waals surface area contributed by atoms with Crippen molar-refractivity contribution in [2.75, 3.05) is 0 Å². The number of imidazole rings is 1. The van der Waals surface area contributed by atoms with Crippen LogP contribution in [0.1, 0.15) is 49.2 Å². The first-order chi connectivity index (χ1) is 14.7. The summed E-state index contributed by atoms with van der Waals surface area (Å²) in [5.74, 6) is 1.17. The molecule has 30 heavy (non-hydrogen) atoms. The second-order valence-corrected chi connectivity index (χ2v) is 7.71. The fourth-order valence-electron chi connectivity index (χ4n) is 4.09. The SMILES string of the molecule is CCCCc1nc2cccc(CC)c2n1Cc1ccc(-c2ccccc2C#N)cc1. The molecular formula is C27H27N3. The van der Waals surface area contributed by atoms with Gasteiger partial charge in [0.25, 0.3) is 0 Å². The van der Waals surface area contributed by atoms with Crippen LogP contribution in [-0.2, 0) is 19.4 Å². The molecule has 0 spiro atoms. The van der Waals surface area contributed by atoms with Gasteiger partial charge >= 0.3 is 0 Å². The first-order valence-corrected chi connectivity index (χ1v) is 10.8. The van der Waals surface area contributed by atoms with Crippen LogP contribution >= 0.6 is 0 Å². The molecule has 0 amide bonds. The van der Waals surface area contributed by atoms with Crippen LogP contribution in [0.4, 0.5) is 0 Å². The highest BCUT2D eigenvalue weighted by Crippen LogP contribution is 2.26. The van der Waals surface area contributed by atoms with Crippen LogP contribution in [-0.4, -0.2) is 9.55 Å². The molecule has 0 bridgehead atoms. The zero-order valence-corrected chi connectivity index (χ0v) is 17.7. The van der Waals surface area contributed by atoms with Crippen molar-refractivity contribution in [2.45, 2.75) is 46.1 Å². The van der Waals surface area contributed by atoms with Crippen LogP contribution in [0, 0.1) is 11.3 Å². The quantitative estimate of drug-likeness (QED) is 0.358. The molecule has 1 heterocycles. The van der Waals surface area contributed by atoms with E-state index >= 15 is 0 Å². The van der Waals surface area contributed by atoms with E-state index in [1.54, 1.807) is 0 Å². The Morgan fingerprint density at radius 3 is 2.47 bits per heavy atom. The number of hydrogen-bond acceptors (Lipinski definition) is 2. The Balaban J connectivity index is 1.71. The Kier molecular flexibility index (Phi) is 5.95. The van der Waals surface area contributed by atoms with E-state index < -0.39 is 0 Å². The third kappa shape index (κ3) is 3.86. The lowest BCUT2D eigenvalue weighted by molar-refractivity contribution is 0.688. The van der Waals surface area contributed by atoms with Crippen molar-refractivity contribution in [3.8, 4) is 17.2 Å². The zero-order valence-electron chi connectivity index (χ0n) is 17.7. The van der Waals surface area contributed by atoms with Gasteiger partial charge < -0.3 is 4.57 Å². The topological polar surface area (TPSA) is 41.6 Å². The molecule has 0 aliphatic carbocycles. The number of rotatable bonds is 7. The summed E-state index contributed by atoms with van der Waals surface area (Å²) in [4.78, 5) is 4.97. The Morgan fingerprint density at radius 2 is 1.73 bits per heavy atom. The van der Waals surface area contributed by atoms with E-state index in [0.29, 0.717) is 5.56 Å². The highest BCUT2D eigenvalue weighted by Gasteiger charge is 2.14. The minimum Gasteiger partial charge on any atom is -0.323 e. The third-order valence-corrected chi connectivity index (χ3v) is 5.72. The molecule has 0 aliphatic heterocycles. The van der Waals surface area contributed by atoms with E-state index in [2.05, 4.69) is 66.9 Å². The summed E-state index contributed by atoms with van der Waals surface area (Å²) in [5.41, 5.74) is 7.73. The number of nitriles is 1. The van der Waals surface area contributed by atoms with E-state index in [0.717, 1.165) is 48.9 Å². The van der Waals surface area contributed by atoms with Crippen molar-refractivity contribution < 1.29 is 0 Å². The van der Waals surface area contributed by atoms with Gasteiger partial charge in [0.05, 0.1) is 22.7 Å². The largest absolute Gasteiger partial charge is 0.323 e. The minimum absolute atomic E-state index is 0.709. The molecule has 0 fully saturated rings. The maximum absolute atomic E-state index is 9.40. The second kappa shape index (κ2) is 8.97. The Labute approximate surface area is 178 Å². The van der Waals surface area contributed by atoms with Crippen LogP contribution in [0.25, 0.3) is 22.2 Å². The average Bonchev–Trinajstić information content (AvgIpc) is 3.15. The number of aryl methyl sites for hydroxylation is 2. The maximum atomic E-state index is 9.40. The van der Waals surface area contributed by atoms with Gasteiger partial charge in [-0.05, 0) is 47.2 Å². The number of para-hydroxylation sites is 1. The van der Waals surface area contributed by atoms with Crippen LogP contribution in [0.2, 0.25) is 0 Å². The number of aromatic nitrogens is 2. The van der Waals surface area contributed by atoms with Gasteiger partial charge in [-0.1, -0.05) is 74.9 Å². The molecule has 3 aromatic carbocycles. The number of unbranched alkanes of at least 4 members (excludes halogenated alkanes) is 1. The van der Waals surface area contributed by atoms with Crippen LogP contribution in [0.5, 0.6) is 0 Å². The number of hydrogen-bond donors (Lipinski definition) is 0. The van der Waals surface area contributed by atoms with E-state index in [9.17, 15) is 5.26 Å². The molecule has 0 N–H and O–H groups in total. The van der Waals surface area contributed by atoms with Gasteiger partial charge in [0, 0.05) is 13.0 Å². The third-order valence-electron chi connectivity index (χ3n) is 5.72. The molecule has 3 nitrogen and oxygen atoms in total. The fraction of sp³-hybridized carbons (Fsp3) is 0.259. The monoisotopic (exact) mass is 393 g/mol. The van der Waals surface area contributed by atoms with E-state index in [1.807, 2.05) is 24.3 Å². The first-order valence-electron chi connectivity index (χ1n) is 10.8. The lowest BCUT2D eigenvalue weighted by Gasteiger charge is -2.12. The van der Waals surface area contributed by atoms with Crippen molar-refractivity contribution in [3.63, 3.8) is 0 Å². The zero-order chi connectivity index (χ0) is 20.9. The summed E-state index contributed by atoms with van der Waals surface area (Å²) < 4.78 is 2.40. The summed E-state index contributed by atoms with van der Waals surface area (Å²) in [7, 11) is 0. The minimum atomic E-state index is 0.709. The Hall–Kier alpha value is -3.38. The van der Waals surface area contributed by atoms with Crippen molar-refractivity contribution in [1.82, 2.24) is 9.55 Å². The predicted molar refractivity (Wildman–Crippen MR) is 123 cm³/mol. The second-order valence-electron chi connectivity index (χ2n) is 7.71. The summed E-state index contributed by atoms with van der Waals surface area (Å²) >= 11 is 0. The van der Waals surface area contributed by atoms with E-state index in [4.69, 9.17) is 4.98 Å². The summed E-state index contributed by atoms with van der Waals surface area (Å²) in [6.07, 6.45) is 4.31. The molecule has 0 saturated heterocycles. The van der Waals surface area contributed by atoms with Gasteiger partial charge in [0.1, 0.15) is 5.82 Å². The molecule has 0 saturated carbocycles. The molecule has 3 heteroatoms. The fourth-order valence-corrected chi connectivity index (χ4v) is 4.09. The molecule has 4 aromatic rings. The molecule has 0 radical (unpaired) electrons. The standard InChI is InChI=1S/C27H27N3/c1-3-5-13-26-29-25-12-8-10-21(4-2)27(25)30(26)19-20-14-16-22(17-15-20)24-11-7-6-9-23(24)18-28/h6-12,14-17H,3-5,13,19H2,1-2H3. The molecule has 4 rings (SSSR count). The normalized spacial score (nSPS) is 11.0. The predicted octanol–water partition coefficient (Wildman–Crippen LogP) is 6.53. The number of nitrogens with zero attached hydrogens (tertiary/aromatic N) is 3. The van der Waals surface area contributed by atoms with Gasteiger partial charge in [0.15, 0.2) is 0 Å². The lowest BCUT2D eigenvalue weighted by atomic mass is 9.99. The molecule has 0 aliphatic rings. The number of benzene rings is 3. The molecule has 150 valence electrons. The van der Waals surface area contributed by atoms with Crippen LogP contribution in [0.15, 0.2) is 66.7 Å². The van der Waals surface area contributed by atoms with Gasteiger partial charge in [-0.2, -0.15) is 5.26 Å². The van der Waals surface area contributed by atoms with Gasteiger partial charge in [-0.25, -0.2) is 4.98 Å². The highest BCUT2D eigenvalue weighted by atomic mass is 15.1. The maximum Gasteiger partial charge on any atom is 0.110 e. The smallest absolute Gasteiger partial charge is 0.110 e. The molecule has 0 atom stereocenters. The van der Waals surface area contributed by atoms with Crippen molar-refractivity contribution >= 4 is 11.0 Å². The summed E-state index contributed by atoms with van der Waals surface area (Å²) in [5, 5.41) is 9.40. The van der Waals surface area contributed by atoms with Crippen molar-refractivity contribution in [2.24, 2.45) is 0 Å². The van der Waals surface area contributed by atoms with Gasteiger partial charge in [0.2, 0.25) is 0 Å². The number of fused-ring (bicyclic) bond motifs is 1. The molecule has 0 unspecified atom stereocenters. The summed E-state index contributed by atoms with van der Waals surface area (Å²) in [6.45, 7) is 5.24. The van der Waals surface area contributed by atoms with Gasteiger partial charge in [-0.15, -0.1) is 0 Å². The average molecular weight is 394 g/mol. The Bertz CT molecular complexity index is 1190. The lowest BCUT2D eigenvalue weighted by Crippen LogP contribution is -2.06. The first kappa shape index (κ1) is 19.9. The van der Waals surface area contributed by atoms with E-state index in [-0.39, 0.29) is 0 Å². The van der Waals surface area contributed by atoms with Crippen LogP contribution in [0.3, 0.4) is 0 Å². The molecular weight excluding hydrogens is 366 g/mol. The Morgan fingerprint density at radius 1 is 0.933 bits per heavy atom. The van der Waals surface area contributed by atoms with Crippen molar-refractivity contribution in [3.05, 3.63) is 89.2 Å². The van der Waals surface area contributed by atoms with Gasteiger partial charge in [-0.3, -0.25) is 0 Å². The molecule has 1 aromatic heterocycles. The van der Waals surface area contributed by atoms with Crippen LogP contribution < -0.4 is 0 Å². The van der Waals surface area contributed by atoms with Crippen molar-refractivity contribution in [1.29, 1.82) is 5.26 Å².